The van der Waals surface area contributed by atoms with Crippen molar-refractivity contribution in [1.82, 2.24) is 20.1 Å². The lowest BCUT2D eigenvalue weighted by Gasteiger charge is -2.29. The zero-order valence-corrected chi connectivity index (χ0v) is 12.3. The topological polar surface area (TPSA) is 44.8 Å². The van der Waals surface area contributed by atoms with Gasteiger partial charge in [-0.15, -0.1) is 0 Å². The van der Waals surface area contributed by atoms with Crippen molar-refractivity contribution in [2.75, 3.05) is 6.54 Å². The van der Waals surface area contributed by atoms with E-state index in [1.807, 2.05) is 13.0 Å². The van der Waals surface area contributed by atoms with Gasteiger partial charge < -0.3 is 0 Å². The van der Waals surface area contributed by atoms with Crippen molar-refractivity contribution in [2.24, 2.45) is 0 Å². The molecule has 1 atom stereocenters. The van der Waals surface area contributed by atoms with Crippen LogP contribution in [0.5, 0.6) is 0 Å². The van der Waals surface area contributed by atoms with Crippen LogP contribution >= 0.6 is 0 Å². The van der Waals surface area contributed by atoms with Gasteiger partial charge >= 0.3 is 0 Å². The van der Waals surface area contributed by atoms with Crippen LogP contribution in [0.1, 0.15) is 48.9 Å². The molecule has 0 spiro atoms. The lowest BCUT2D eigenvalue weighted by molar-refractivity contribution is 0.187. The molecule has 3 rings (SSSR count). The fourth-order valence-electron chi connectivity index (χ4n) is 3.09. The van der Waals surface area contributed by atoms with Gasteiger partial charge in [0.15, 0.2) is 5.82 Å². The first-order valence-electron chi connectivity index (χ1n) is 7.60. The van der Waals surface area contributed by atoms with Crippen molar-refractivity contribution in [1.29, 1.82) is 0 Å². The minimum Gasteiger partial charge on any atom is -0.289 e. The third kappa shape index (κ3) is 3.47. The Morgan fingerprint density at radius 1 is 1.33 bits per heavy atom. The molecule has 1 aliphatic heterocycles. The van der Waals surface area contributed by atoms with Gasteiger partial charge in [-0.2, -0.15) is 5.10 Å². The second-order valence-corrected chi connectivity index (χ2v) is 5.73. The number of aromatic amines is 1. The molecule has 1 N–H and O–H groups in total. The quantitative estimate of drug-likeness (QED) is 0.941. The summed E-state index contributed by atoms with van der Waals surface area (Å²) in [4.78, 5) is 6.78. The summed E-state index contributed by atoms with van der Waals surface area (Å²) in [5.41, 5.74) is 1.06. The summed E-state index contributed by atoms with van der Waals surface area (Å²) in [6.45, 7) is 3.63. The van der Waals surface area contributed by atoms with E-state index in [9.17, 15) is 4.39 Å². The van der Waals surface area contributed by atoms with Crippen LogP contribution in [0.4, 0.5) is 4.39 Å². The second-order valence-electron chi connectivity index (χ2n) is 5.73. The van der Waals surface area contributed by atoms with E-state index in [4.69, 9.17) is 0 Å². The first-order chi connectivity index (χ1) is 10.2. The van der Waals surface area contributed by atoms with Gasteiger partial charge in [-0.25, -0.2) is 9.37 Å². The lowest BCUT2D eigenvalue weighted by atomic mass is 10.0. The van der Waals surface area contributed by atoms with Crippen LogP contribution in [0.3, 0.4) is 0 Å². The van der Waals surface area contributed by atoms with Crippen LogP contribution in [0.2, 0.25) is 0 Å². The Kier molecular flexibility index (Phi) is 4.29. The molecule has 0 saturated carbocycles. The predicted molar refractivity (Wildman–Crippen MR) is 79.1 cm³/mol. The number of halogens is 1. The minimum absolute atomic E-state index is 0.162. The Morgan fingerprint density at radius 2 is 2.24 bits per heavy atom. The molecule has 112 valence electrons. The first-order valence-corrected chi connectivity index (χ1v) is 7.60. The van der Waals surface area contributed by atoms with Gasteiger partial charge in [0.05, 0.1) is 6.54 Å². The van der Waals surface area contributed by atoms with Crippen LogP contribution in [-0.2, 0) is 6.54 Å². The largest absolute Gasteiger partial charge is 0.289 e. The van der Waals surface area contributed by atoms with Crippen molar-refractivity contribution in [2.45, 2.75) is 45.2 Å². The molecule has 21 heavy (non-hydrogen) atoms. The van der Waals surface area contributed by atoms with E-state index in [0.29, 0.717) is 6.54 Å². The molecule has 2 aromatic rings. The standard InChI is InChI=1S/C16H21FN4/c1-12-18-16(20-19-12)11-21-9-4-2-3-8-15(21)13-6-5-7-14(17)10-13/h5-7,10,15H,2-4,8-9,11H2,1H3,(H,18,19,20)/t15-/m1/s1. The van der Waals surface area contributed by atoms with Crippen molar-refractivity contribution in [3.63, 3.8) is 0 Å². The highest BCUT2D eigenvalue weighted by molar-refractivity contribution is 5.20. The number of aromatic nitrogens is 3. The third-order valence-corrected chi connectivity index (χ3v) is 4.09. The average molecular weight is 288 g/mol. The second kappa shape index (κ2) is 6.35. The summed E-state index contributed by atoms with van der Waals surface area (Å²) in [5.74, 6) is 1.49. The Labute approximate surface area is 124 Å². The molecule has 1 aliphatic rings. The van der Waals surface area contributed by atoms with Gasteiger partial charge in [0.1, 0.15) is 11.6 Å². The first kappa shape index (κ1) is 14.2. The molecule has 0 radical (unpaired) electrons. The Hall–Kier alpha value is -1.75. The number of benzene rings is 1. The van der Waals surface area contributed by atoms with Gasteiger partial charge in [-0.05, 0) is 44.0 Å². The lowest BCUT2D eigenvalue weighted by Crippen LogP contribution is -2.28. The van der Waals surface area contributed by atoms with Crippen molar-refractivity contribution in [3.05, 3.63) is 47.3 Å². The maximum Gasteiger partial charge on any atom is 0.164 e. The molecule has 4 nitrogen and oxygen atoms in total. The summed E-state index contributed by atoms with van der Waals surface area (Å²) in [6, 6.07) is 7.23. The molecule has 1 aromatic carbocycles. The predicted octanol–water partition coefficient (Wildman–Crippen LogP) is 3.37. The summed E-state index contributed by atoms with van der Waals surface area (Å²) < 4.78 is 13.5. The van der Waals surface area contributed by atoms with Gasteiger partial charge in [-0.3, -0.25) is 10.00 Å². The number of nitrogens with one attached hydrogen (secondary N) is 1. The number of hydrogen-bond donors (Lipinski definition) is 1. The van der Waals surface area contributed by atoms with E-state index in [2.05, 4.69) is 20.1 Å². The number of aryl methyl sites for hydroxylation is 1. The Bertz CT molecular complexity index is 595. The maximum absolute atomic E-state index is 13.5. The van der Waals surface area contributed by atoms with Crippen molar-refractivity contribution < 1.29 is 4.39 Å². The summed E-state index contributed by atoms with van der Waals surface area (Å²) in [7, 11) is 0. The zero-order chi connectivity index (χ0) is 14.7. The highest BCUT2D eigenvalue weighted by Crippen LogP contribution is 2.31. The van der Waals surface area contributed by atoms with Crippen molar-refractivity contribution in [3.8, 4) is 0 Å². The Morgan fingerprint density at radius 3 is 3.00 bits per heavy atom. The van der Waals surface area contributed by atoms with E-state index >= 15 is 0 Å². The van der Waals surface area contributed by atoms with Crippen LogP contribution < -0.4 is 0 Å². The minimum atomic E-state index is -0.162. The summed E-state index contributed by atoms with van der Waals surface area (Å²) >= 11 is 0. The van der Waals surface area contributed by atoms with Gasteiger partial charge in [0.2, 0.25) is 0 Å². The SMILES string of the molecule is Cc1nc(CN2CCCCC[C@@H]2c2cccc(F)c2)n[nH]1. The molecule has 2 heterocycles. The molecule has 0 unspecified atom stereocenters. The van der Waals surface area contributed by atoms with E-state index in [-0.39, 0.29) is 11.9 Å². The third-order valence-electron chi connectivity index (χ3n) is 4.09. The fraction of sp³-hybridized carbons (Fsp3) is 0.500. The van der Waals surface area contributed by atoms with Gasteiger partial charge in [0, 0.05) is 6.04 Å². The van der Waals surface area contributed by atoms with E-state index in [0.717, 1.165) is 30.2 Å². The van der Waals surface area contributed by atoms with E-state index < -0.39 is 0 Å². The van der Waals surface area contributed by atoms with Crippen LogP contribution in [0, 0.1) is 12.7 Å². The Balaban J connectivity index is 1.83. The molecule has 5 heteroatoms. The molecule has 1 fully saturated rings. The highest BCUT2D eigenvalue weighted by Gasteiger charge is 2.24. The average Bonchev–Trinajstić information content (AvgIpc) is 2.73. The molecular weight excluding hydrogens is 267 g/mol. The molecular formula is C16H21FN4. The van der Waals surface area contributed by atoms with Gasteiger partial charge in [-0.1, -0.05) is 25.0 Å². The fourth-order valence-corrected chi connectivity index (χ4v) is 3.09. The normalized spacial score (nSPS) is 20.4. The number of H-pyrrole nitrogens is 1. The molecule has 1 aromatic heterocycles. The monoisotopic (exact) mass is 288 g/mol. The summed E-state index contributed by atoms with van der Waals surface area (Å²) in [5, 5.41) is 7.12. The highest BCUT2D eigenvalue weighted by atomic mass is 19.1. The number of rotatable bonds is 3. The van der Waals surface area contributed by atoms with E-state index in [1.165, 1.54) is 25.3 Å². The maximum atomic E-state index is 13.5. The molecule has 1 saturated heterocycles. The number of nitrogens with zero attached hydrogens (tertiary/aromatic N) is 3. The molecule has 0 aliphatic carbocycles. The van der Waals surface area contributed by atoms with E-state index in [1.54, 1.807) is 12.1 Å². The summed E-state index contributed by atoms with van der Waals surface area (Å²) in [6.07, 6.45) is 4.65. The number of hydrogen-bond acceptors (Lipinski definition) is 3. The van der Waals surface area contributed by atoms with Crippen molar-refractivity contribution >= 4 is 0 Å². The number of likely N-dealkylation sites (tertiary alicyclic amines) is 1. The van der Waals surface area contributed by atoms with Crippen LogP contribution in [-0.4, -0.2) is 26.6 Å². The van der Waals surface area contributed by atoms with Gasteiger partial charge in [0.25, 0.3) is 0 Å². The smallest absolute Gasteiger partial charge is 0.164 e. The zero-order valence-electron chi connectivity index (χ0n) is 12.3. The van der Waals surface area contributed by atoms with Crippen LogP contribution in [0.15, 0.2) is 24.3 Å². The molecule has 0 amide bonds. The van der Waals surface area contributed by atoms with Crippen LogP contribution in [0.25, 0.3) is 0 Å². The molecule has 0 bridgehead atoms.